The van der Waals surface area contributed by atoms with E-state index in [1.54, 1.807) is 0 Å². The molecule has 1 atom stereocenters. The van der Waals surface area contributed by atoms with Crippen molar-refractivity contribution in [2.24, 2.45) is 0 Å². The van der Waals surface area contributed by atoms with E-state index in [0.29, 0.717) is 5.13 Å². The van der Waals surface area contributed by atoms with Gasteiger partial charge < -0.3 is 14.2 Å². The Hall–Kier alpha value is -1.44. The summed E-state index contributed by atoms with van der Waals surface area (Å²) >= 11 is 1.31. The first-order valence-electron chi connectivity index (χ1n) is 6.61. The average molecular weight is 312 g/mol. The summed E-state index contributed by atoms with van der Waals surface area (Å²) in [6.45, 7) is 11.3. The normalized spacial score (nSPS) is 22.8. The number of hydrogen-bond acceptors (Lipinski definition) is 6. The Balaban J connectivity index is 2.06. The number of rotatable bonds is 4. The molecule has 2 rings (SSSR count). The van der Waals surface area contributed by atoms with Crippen LogP contribution in [0.2, 0.25) is 0 Å². The van der Waals surface area contributed by atoms with Gasteiger partial charge in [0.15, 0.2) is 10.9 Å². The van der Waals surface area contributed by atoms with Crippen molar-refractivity contribution < 1.29 is 19.0 Å². The van der Waals surface area contributed by atoms with Crippen molar-refractivity contribution in [2.75, 3.05) is 11.9 Å². The summed E-state index contributed by atoms with van der Waals surface area (Å²) in [4.78, 5) is 15.8. The lowest BCUT2D eigenvalue weighted by molar-refractivity contribution is -0.157. The van der Waals surface area contributed by atoms with E-state index in [1.807, 2.05) is 33.1 Å². The number of nitrogens with one attached hydrogen (secondary N) is 1. The maximum Gasteiger partial charge on any atom is 0.413 e. The fraction of sp³-hybridized carbons (Fsp3) is 0.571. The van der Waals surface area contributed by atoms with E-state index in [4.69, 9.17) is 14.2 Å². The lowest BCUT2D eigenvalue weighted by Gasteiger charge is -2.22. The lowest BCUT2D eigenvalue weighted by atomic mass is 10.0. The maximum atomic E-state index is 11.5. The highest BCUT2D eigenvalue weighted by atomic mass is 32.1. The molecule has 0 aliphatic carbocycles. The van der Waals surface area contributed by atoms with Crippen LogP contribution in [0.4, 0.5) is 9.93 Å². The van der Waals surface area contributed by atoms with Crippen LogP contribution < -0.4 is 5.32 Å². The first-order chi connectivity index (χ1) is 9.73. The summed E-state index contributed by atoms with van der Waals surface area (Å²) < 4.78 is 16.6. The highest BCUT2D eigenvalue weighted by molar-refractivity contribution is 7.13. The molecule has 0 aromatic carbocycles. The van der Waals surface area contributed by atoms with E-state index >= 15 is 0 Å². The number of aromatic nitrogens is 1. The van der Waals surface area contributed by atoms with Gasteiger partial charge in [-0.2, -0.15) is 0 Å². The molecule has 1 unspecified atom stereocenters. The minimum atomic E-state index is -0.658. The summed E-state index contributed by atoms with van der Waals surface area (Å²) in [5.74, 6) is -0.658. The number of amides is 1. The lowest BCUT2D eigenvalue weighted by Crippen LogP contribution is -2.28. The van der Waals surface area contributed by atoms with Gasteiger partial charge in [0.05, 0.1) is 11.3 Å². The molecule has 2 heterocycles. The maximum absolute atomic E-state index is 11.5. The molecule has 0 radical (unpaired) electrons. The predicted octanol–water partition coefficient (Wildman–Crippen LogP) is 3.48. The van der Waals surface area contributed by atoms with E-state index < -0.39 is 17.5 Å². The van der Waals surface area contributed by atoms with Crippen LogP contribution in [-0.2, 0) is 14.2 Å². The van der Waals surface area contributed by atoms with Gasteiger partial charge in [0, 0.05) is 5.38 Å². The van der Waals surface area contributed by atoms with Crippen LogP contribution in [0.3, 0.4) is 0 Å². The summed E-state index contributed by atoms with van der Waals surface area (Å²) in [7, 11) is 0. The molecule has 1 fully saturated rings. The molecule has 1 aromatic rings. The predicted molar refractivity (Wildman–Crippen MR) is 80.4 cm³/mol. The highest BCUT2D eigenvalue weighted by Gasteiger charge is 2.48. The van der Waals surface area contributed by atoms with E-state index in [0.717, 1.165) is 5.69 Å². The molecular formula is C14H20N2O4S. The van der Waals surface area contributed by atoms with Crippen molar-refractivity contribution in [2.45, 2.75) is 45.2 Å². The second-order valence-corrected chi connectivity index (χ2v) is 6.55. The van der Waals surface area contributed by atoms with Crippen molar-refractivity contribution in [3.8, 4) is 0 Å². The molecule has 1 aliphatic heterocycles. The Kier molecular flexibility index (Phi) is 4.36. The standard InChI is InChI=1S/C14H20N2O4S/c1-6-7-18-12(17)16-11-15-9(8-21-11)10-13(2,3)20-14(4,5)19-10/h6,8,10H,1,7H2,2-5H3,(H,15,16,17). The minimum Gasteiger partial charge on any atom is -0.445 e. The Morgan fingerprint density at radius 3 is 2.86 bits per heavy atom. The van der Waals surface area contributed by atoms with Crippen molar-refractivity contribution in [3.05, 3.63) is 23.7 Å². The van der Waals surface area contributed by atoms with Crippen molar-refractivity contribution in [1.29, 1.82) is 0 Å². The largest absolute Gasteiger partial charge is 0.445 e. The van der Waals surface area contributed by atoms with Gasteiger partial charge in [-0.1, -0.05) is 12.7 Å². The third-order valence-corrected chi connectivity index (χ3v) is 3.65. The van der Waals surface area contributed by atoms with Crippen LogP contribution in [-0.4, -0.2) is 29.1 Å². The first-order valence-corrected chi connectivity index (χ1v) is 7.49. The van der Waals surface area contributed by atoms with Crippen molar-refractivity contribution >= 4 is 22.6 Å². The van der Waals surface area contributed by atoms with Gasteiger partial charge in [-0.05, 0) is 27.7 Å². The highest BCUT2D eigenvalue weighted by Crippen LogP contribution is 2.45. The Bertz CT molecular complexity index is 539. The summed E-state index contributed by atoms with van der Waals surface area (Å²) in [6, 6.07) is 0. The van der Waals surface area contributed by atoms with Gasteiger partial charge >= 0.3 is 6.09 Å². The van der Waals surface area contributed by atoms with Gasteiger partial charge in [0.1, 0.15) is 12.7 Å². The second-order valence-electron chi connectivity index (χ2n) is 5.69. The molecule has 0 saturated carbocycles. The third-order valence-electron chi connectivity index (χ3n) is 2.87. The van der Waals surface area contributed by atoms with Gasteiger partial charge in [0.2, 0.25) is 0 Å². The number of carbonyl (C=O) groups is 1. The van der Waals surface area contributed by atoms with Crippen LogP contribution in [0, 0.1) is 0 Å². The first kappa shape index (κ1) is 15.9. The van der Waals surface area contributed by atoms with Gasteiger partial charge in [-0.3, -0.25) is 5.32 Å². The molecule has 1 amide bonds. The Morgan fingerprint density at radius 1 is 1.57 bits per heavy atom. The summed E-state index contributed by atoms with van der Waals surface area (Å²) in [6.07, 6.45) is 0.656. The molecule has 1 saturated heterocycles. The minimum absolute atomic E-state index is 0.158. The Labute approximate surface area is 128 Å². The molecule has 7 heteroatoms. The summed E-state index contributed by atoms with van der Waals surface area (Å²) in [5, 5.41) is 4.88. The zero-order valence-corrected chi connectivity index (χ0v) is 13.5. The number of hydrogen-bond donors (Lipinski definition) is 1. The molecule has 1 aliphatic rings. The molecule has 1 N–H and O–H groups in total. The van der Waals surface area contributed by atoms with Gasteiger partial charge in [-0.15, -0.1) is 11.3 Å². The summed E-state index contributed by atoms with van der Waals surface area (Å²) in [5.41, 5.74) is 0.243. The number of thiazole rings is 1. The van der Waals surface area contributed by atoms with E-state index in [2.05, 4.69) is 16.9 Å². The van der Waals surface area contributed by atoms with Crippen molar-refractivity contribution in [3.63, 3.8) is 0 Å². The number of ether oxygens (including phenoxy) is 3. The molecule has 21 heavy (non-hydrogen) atoms. The zero-order valence-electron chi connectivity index (χ0n) is 12.6. The van der Waals surface area contributed by atoms with E-state index in [9.17, 15) is 4.79 Å². The fourth-order valence-corrected chi connectivity index (χ4v) is 2.98. The van der Waals surface area contributed by atoms with Gasteiger partial charge in [0.25, 0.3) is 0 Å². The zero-order chi connectivity index (χ0) is 15.7. The smallest absolute Gasteiger partial charge is 0.413 e. The van der Waals surface area contributed by atoms with Crippen LogP contribution in [0.1, 0.15) is 39.5 Å². The van der Waals surface area contributed by atoms with Crippen LogP contribution in [0.25, 0.3) is 0 Å². The molecule has 116 valence electrons. The Morgan fingerprint density at radius 2 is 2.29 bits per heavy atom. The SMILES string of the molecule is C=CCOC(=O)Nc1nc(C2OC(C)(C)OC2(C)C)cs1. The van der Waals surface area contributed by atoms with Crippen LogP contribution in [0.5, 0.6) is 0 Å². The molecule has 0 spiro atoms. The quantitative estimate of drug-likeness (QED) is 0.862. The van der Waals surface area contributed by atoms with E-state index in [-0.39, 0.29) is 12.7 Å². The number of nitrogens with zero attached hydrogens (tertiary/aromatic N) is 1. The van der Waals surface area contributed by atoms with Crippen LogP contribution in [0.15, 0.2) is 18.0 Å². The second kappa shape index (κ2) is 5.75. The average Bonchev–Trinajstić information content (AvgIpc) is 2.88. The molecule has 0 bridgehead atoms. The number of carbonyl (C=O) groups excluding carboxylic acids is 1. The number of anilines is 1. The topological polar surface area (TPSA) is 69.7 Å². The monoisotopic (exact) mass is 312 g/mol. The van der Waals surface area contributed by atoms with Crippen LogP contribution >= 0.6 is 11.3 Å². The third kappa shape index (κ3) is 3.81. The van der Waals surface area contributed by atoms with Crippen molar-refractivity contribution in [1.82, 2.24) is 4.98 Å². The molecule has 6 nitrogen and oxygen atoms in total. The van der Waals surface area contributed by atoms with E-state index in [1.165, 1.54) is 17.4 Å². The molecular weight excluding hydrogens is 292 g/mol. The van der Waals surface area contributed by atoms with Gasteiger partial charge in [-0.25, -0.2) is 9.78 Å². The fourth-order valence-electron chi connectivity index (χ4n) is 2.28. The molecule has 1 aromatic heterocycles.